The van der Waals surface area contributed by atoms with Crippen LogP contribution in [0.5, 0.6) is 0 Å². The summed E-state index contributed by atoms with van der Waals surface area (Å²) in [7, 11) is -0.391. The Labute approximate surface area is 145 Å². The maximum Gasteiger partial charge on any atom is 0.281 e. The van der Waals surface area contributed by atoms with Crippen molar-refractivity contribution in [2.24, 2.45) is 0 Å². The first-order chi connectivity index (χ1) is 10.8. The number of halogens is 1. The Hall–Kier alpha value is -1.22. The maximum atomic E-state index is 12.2. The molecule has 1 amide bonds. The van der Waals surface area contributed by atoms with Crippen molar-refractivity contribution in [2.75, 3.05) is 40.3 Å². The Bertz CT molecular complexity index is 696. The van der Waals surface area contributed by atoms with E-state index in [2.05, 4.69) is 15.9 Å². The summed E-state index contributed by atoms with van der Waals surface area (Å²) in [6.07, 6.45) is 3.28. The standard InChI is InChI=1S/C15H20BrN3O3S/c1-17(2)23(21,22)19-11-9-18(10-12-19)15(20)8-7-13-5-3-4-6-14(13)16/h3-8H,9-12H2,1-2H3/b8-7+. The SMILES string of the molecule is CN(C)S(=O)(=O)N1CCN(C(=O)/C=C/c2ccccc2Br)CC1. The third-order valence-corrected chi connectivity index (χ3v) is 6.31. The molecule has 0 aromatic heterocycles. The van der Waals surface area contributed by atoms with Crippen molar-refractivity contribution in [3.05, 3.63) is 40.4 Å². The zero-order valence-electron chi connectivity index (χ0n) is 13.1. The van der Waals surface area contributed by atoms with Crippen molar-refractivity contribution in [3.63, 3.8) is 0 Å². The number of piperazine rings is 1. The van der Waals surface area contributed by atoms with Crippen LogP contribution in [0.25, 0.3) is 6.08 Å². The van der Waals surface area contributed by atoms with E-state index in [9.17, 15) is 13.2 Å². The highest BCUT2D eigenvalue weighted by Crippen LogP contribution is 2.17. The van der Waals surface area contributed by atoms with E-state index in [4.69, 9.17) is 0 Å². The van der Waals surface area contributed by atoms with Crippen molar-refractivity contribution < 1.29 is 13.2 Å². The fourth-order valence-electron chi connectivity index (χ4n) is 2.25. The Morgan fingerprint density at radius 2 is 1.78 bits per heavy atom. The molecule has 0 aliphatic carbocycles. The second kappa shape index (κ2) is 7.57. The van der Waals surface area contributed by atoms with Gasteiger partial charge in [0.1, 0.15) is 0 Å². The Morgan fingerprint density at radius 3 is 2.35 bits per heavy atom. The average Bonchev–Trinajstić information content (AvgIpc) is 2.53. The summed E-state index contributed by atoms with van der Waals surface area (Å²) in [6, 6.07) is 7.64. The number of hydrogen-bond acceptors (Lipinski definition) is 3. The molecular formula is C15H20BrN3O3S. The van der Waals surface area contributed by atoms with E-state index < -0.39 is 10.2 Å². The molecule has 1 aliphatic heterocycles. The molecule has 0 spiro atoms. The highest BCUT2D eigenvalue weighted by atomic mass is 79.9. The van der Waals surface area contributed by atoms with E-state index in [0.29, 0.717) is 26.2 Å². The topological polar surface area (TPSA) is 60.9 Å². The quantitative estimate of drug-likeness (QED) is 0.716. The third-order valence-electron chi connectivity index (χ3n) is 3.65. The molecule has 1 aromatic rings. The van der Waals surface area contributed by atoms with E-state index >= 15 is 0 Å². The molecule has 1 aliphatic rings. The van der Waals surface area contributed by atoms with Crippen LogP contribution < -0.4 is 0 Å². The normalized spacial score (nSPS) is 17.1. The fourth-order valence-corrected chi connectivity index (χ4v) is 3.75. The van der Waals surface area contributed by atoms with Gasteiger partial charge in [-0.1, -0.05) is 34.1 Å². The highest BCUT2D eigenvalue weighted by molar-refractivity contribution is 9.10. The lowest BCUT2D eigenvalue weighted by atomic mass is 10.2. The number of rotatable bonds is 4. The van der Waals surface area contributed by atoms with Crippen LogP contribution in [0.15, 0.2) is 34.8 Å². The average molecular weight is 402 g/mol. The van der Waals surface area contributed by atoms with Crippen molar-refractivity contribution in [3.8, 4) is 0 Å². The number of hydrogen-bond donors (Lipinski definition) is 0. The van der Waals surface area contributed by atoms with Crippen LogP contribution in [0.2, 0.25) is 0 Å². The summed E-state index contributed by atoms with van der Waals surface area (Å²) in [5.74, 6) is -0.109. The van der Waals surface area contributed by atoms with Crippen LogP contribution in [0.1, 0.15) is 5.56 Å². The molecule has 23 heavy (non-hydrogen) atoms. The molecule has 0 radical (unpaired) electrons. The zero-order chi connectivity index (χ0) is 17.0. The molecule has 1 fully saturated rings. The van der Waals surface area contributed by atoms with Gasteiger partial charge in [0.25, 0.3) is 10.2 Å². The Kier molecular flexibility index (Phi) is 5.96. The lowest BCUT2D eigenvalue weighted by Crippen LogP contribution is -2.52. The molecule has 1 heterocycles. The van der Waals surface area contributed by atoms with E-state index in [0.717, 1.165) is 10.0 Å². The lowest BCUT2D eigenvalue weighted by Gasteiger charge is -2.34. The number of nitrogens with zero attached hydrogens (tertiary/aromatic N) is 3. The largest absolute Gasteiger partial charge is 0.337 e. The molecule has 2 rings (SSSR count). The first kappa shape index (κ1) is 18.1. The molecule has 126 valence electrons. The van der Waals surface area contributed by atoms with Crippen molar-refractivity contribution >= 4 is 38.1 Å². The van der Waals surface area contributed by atoms with Gasteiger partial charge in [-0.05, 0) is 17.7 Å². The van der Waals surface area contributed by atoms with Gasteiger partial charge in [0.15, 0.2) is 0 Å². The summed E-state index contributed by atoms with van der Waals surface area (Å²) < 4.78 is 27.6. The number of carbonyl (C=O) groups is 1. The minimum Gasteiger partial charge on any atom is -0.337 e. The van der Waals surface area contributed by atoms with Crippen LogP contribution in [0.4, 0.5) is 0 Å². The van der Waals surface area contributed by atoms with Gasteiger partial charge in [0.2, 0.25) is 5.91 Å². The molecule has 0 atom stereocenters. The molecule has 1 aromatic carbocycles. The third kappa shape index (κ3) is 4.41. The summed E-state index contributed by atoms with van der Waals surface area (Å²) in [5, 5.41) is 0. The van der Waals surface area contributed by atoms with Crippen LogP contribution in [-0.2, 0) is 15.0 Å². The first-order valence-corrected chi connectivity index (χ1v) is 9.40. The highest BCUT2D eigenvalue weighted by Gasteiger charge is 2.29. The summed E-state index contributed by atoms with van der Waals surface area (Å²) in [6.45, 7) is 1.42. The van der Waals surface area contributed by atoms with Gasteiger partial charge in [-0.3, -0.25) is 4.79 Å². The number of carbonyl (C=O) groups excluding carboxylic acids is 1. The summed E-state index contributed by atoms with van der Waals surface area (Å²) >= 11 is 3.43. The minimum absolute atomic E-state index is 0.109. The second-order valence-electron chi connectivity index (χ2n) is 5.37. The van der Waals surface area contributed by atoms with Gasteiger partial charge in [0, 0.05) is 50.8 Å². The molecule has 0 N–H and O–H groups in total. The predicted octanol–water partition coefficient (Wildman–Crippen LogP) is 1.41. The zero-order valence-corrected chi connectivity index (χ0v) is 15.5. The van der Waals surface area contributed by atoms with Crippen molar-refractivity contribution in [1.82, 2.24) is 13.5 Å². The van der Waals surface area contributed by atoms with Crippen LogP contribution >= 0.6 is 15.9 Å². The molecule has 6 nitrogen and oxygen atoms in total. The molecule has 1 saturated heterocycles. The maximum absolute atomic E-state index is 12.2. The fraction of sp³-hybridized carbons (Fsp3) is 0.400. The van der Waals surface area contributed by atoms with Gasteiger partial charge in [0.05, 0.1) is 0 Å². The number of amides is 1. The van der Waals surface area contributed by atoms with E-state index in [1.807, 2.05) is 24.3 Å². The van der Waals surface area contributed by atoms with Crippen LogP contribution in [-0.4, -0.2) is 68.1 Å². The summed E-state index contributed by atoms with van der Waals surface area (Å²) in [5.41, 5.74) is 0.926. The first-order valence-electron chi connectivity index (χ1n) is 7.21. The summed E-state index contributed by atoms with van der Waals surface area (Å²) in [4.78, 5) is 13.9. The molecule has 8 heteroatoms. The molecule has 0 unspecified atom stereocenters. The Balaban J connectivity index is 1.95. The lowest BCUT2D eigenvalue weighted by molar-refractivity contribution is -0.127. The van der Waals surface area contributed by atoms with Crippen molar-refractivity contribution in [1.29, 1.82) is 0 Å². The van der Waals surface area contributed by atoms with Crippen LogP contribution in [0, 0.1) is 0 Å². The smallest absolute Gasteiger partial charge is 0.281 e. The van der Waals surface area contributed by atoms with E-state index in [1.54, 1.807) is 11.0 Å². The Morgan fingerprint density at radius 1 is 1.17 bits per heavy atom. The van der Waals surface area contributed by atoms with Gasteiger partial charge < -0.3 is 4.90 Å². The second-order valence-corrected chi connectivity index (χ2v) is 8.37. The van der Waals surface area contributed by atoms with Gasteiger partial charge >= 0.3 is 0 Å². The molecular weight excluding hydrogens is 382 g/mol. The minimum atomic E-state index is -3.41. The van der Waals surface area contributed by atoms with Gasteiger partial charge in [-0.25, -0.2) is 0 Å². The van der Waals surface area contributed by atoms with E-state index in [-0.39, 0.29) is 5.91 Å². The molecule has 0 bridgehead atoms. The molecule has 0 saturated carbocycles. The van der Waals surface area contributed by atoms with Crippen LogP contribution in [0.3, 0.4) is 0 Å². The predicted molar refractivity (Wildman–Crippen MR) is 93.9 cm³/mol. The number of benzene rings is 1. The van der Waals surface area contributed by atoms with Gasteiger partial charge in [-0.15, -0.1) is 0 Å². The monoisotopic (exact) mass is 401 g/mol. The van der Waals surface area contributed by atoms with Crippen molar-refractivity contribution in [2.45, 2.75) is 0 Å². The van der Waals surface area contributed by atoms with E-state index in [1.165, 1.54) is 28.8 Å². The van der Waals surface area contributed by atoms with Gasteiger partial charge in [-0.2, -0.15) is 17.0 Å².